The Morgan fingerprint density at radius 3 is 2.78 bits per heavy atom. The number of hydrogen-bond acceptors (Lipinski definition) is 7. The van der Waals surface area contributed by atoms with E-state index in [0.717, 1.165) is 39.0 Å². The number of fused-ring (bicyclic) bond motifs is 1. The SMILES string of the molecule is Cc1nn2ccccc2c1-c1nc(-c2cc(C=O)ccc2Cl)c(-c2ncn(COCC[Si](C)(C)C)n2)s1. The van der Waals surface area contributed by atoms with E-state index in [4.69, 9.17) is 21.3 Å². The Balaban J connectivity index is 1.57. The molecule has 0 radical (unpaired) electrons. The average molecular weight is 551 g/mol. The van der Waals surface area contributed by atoms with Gasteiger partial charge < -0.3 is 4.74 Å². The number of aryl methyl sites for hydroxylation is 1. The molecule has 0 aliphatic heterocycles. The molecular formula is C26H27ClN6O2SSi. The number of halogens is 1. The van der Waals surface area contributed by atoms with E-state index in [1.165, 1.54) is 11.3 Å². The third kappa shape index (κ3) is 5.42. The molecule has 5 rings (SSSR count). The molecule has 0 saturated carbocycles. The van der Waals surface area contributed by atoms with Gasteiger partial charge in [-0.2, -0.15) is 5.10 Å². The van der Waals surface area contributed by atoms with Crippen molar-refractivity contribution in [3.8, 4) is 32.5 Å². The highest BCUT2D eigenvalue weighted by molar-refractivity contribution is 7.19. The van der Waals surface area contributed by atoms with E-state index in [1.54, 1.807) is 29.2 Å². The number of carbonyl (C=O) groups is 1. The van der Waals surface area contributed by atoms with E-state index >= 15 is 0 Å². The van der Waals surface area contributed by atoms with Crippen LogP contribution < -0.4 is 0 Å². The number of benzene rings is 1. The molecule has 0 aliphatic carbocycles. The van der Waals surface area contributed by atoms with Crippen LogP contribution in [0.4, 0.5) is 0 Å². The summed E-state index contributed by atoms with van der Waals surface area (Å²) in [5.74, 6) is 0.522. The average Bonchev–Trinajstić information content (AvgIpc) is 3.57. The fourth-order valence-corrected chi connectivity index (χ4v) is 6.02. The molecule has 0 aliphatic rings. The Kier molecular flexibility index (Phi) is 7.08. The van der Waals surface area contributed by atoms with Crippen molar-refractivity contribution >= 4 is 42.8 Å². The molecule has 4 aromatic heterocycles. The molecule has 0 amide bonds. The van der Waals surface area contributed by atoms with Crippen LogP contribution in [0.3, 0.4) is 0 Å². The van der Waals surface area contributed by atoms with Crippen LogP contribution in [-0.2, 0) is 11.5 Å². The Hall–Kier alpha value is -3.18. The zero-order valence-electron chi connectivity index (χ0n) is 21.1. The fourth-order valence-electron chi connectivity index (χ4n) is 3.94. The van der Waals surface area contributed by atoms with Gasteiger partial charge in [0.15, 0.2) is 5.82 Å². The van der Waals surface area contributed by atoms with Gasteiger partial charge in [-0.3, -0.25) is 4.79 Å². The second-order valence-corrected chi connectivity index (χ2v) is 17.0. The van der Waals surface area contributed by atoms with Crippen LogP contribution in [0.1, 0.15) is 16.1 Å². The maximum Gasteiger partial charge on any atom is 0.193 e. The first-order valence-corrected chi connectivity index (χ1v) is 16.8. The van der Waals surface area contributed by atoms with E-state index in [2.05, 4.69) is 34.8 Å². The monoisotopic (exact) mass is 550 g/mol. The lowest BCUT2D eigenvalue weighted by Crippen LogP contribution is -2.22. The van der Waals surface area contributed by atoms with Crippen molar-refractivity contribution in [2.24, 2.45) is 0 Å². The lowest BCUT2D eigenvalue weighted by Gasteiger charge is -2.15. The van der Waals surface area contributed by atoms with Crippen molar-refractivity contribution in [1.82, 2.24) is 29.4 Å². The Bertz CT molecular complexity index is 1590. The van der Waals surface area contributed by atoms with Crippen molar-refractivity contribution in [2.75, 3.05) is 6.61 Å². The molecule has 5 aromatic rings. The smallest absolute Gasteiger partial charge is 0.193 e. The second-order valence-electron chi connectivity index (χ2n) is 10.0. The van der Waals surface area contributed by atoms with Gasteiger partial charge in [-0.25, -0.2) is 19.2 Å². The second kappa shape index (κ2) is 10.3. The molecule has 0 fully saturated rings. The summed E-state index contributed by atoms with van der Waals surface area (Å²) in [6.45, 7) is 9.96. The molecule has 8 nitrogen and oxygen atoms in total. The number of aromatic nitrogens is 6. The molecule has 190 valence electrons. The minimum atomic E-state index is -1.17. The summed E-state index contributed by atoms with van der Waals surface area (Å²) in [7, 11) is -1.17. The molecule has 0 N–H and O–H groups in total. The Morgan fingerprint density at radius 1 is 1.16 bits per heavy atom. The van der Waals surface area contributed by atoms with Crippen LogP contribution in [0, 0.1) is 6.92 Å². The lowest BCUT2D eigenvalue weighted by atomic mass is 10.1. The first-order chi connectivity index (χ1) is 17.7. The van der Waals surface area contributed by atoms with Crippen LogP contribution in [0.2, 0.25) is 30.7 Å². The van der Waals surface area contributed by atoms with E-state index < -0.39 is 8.07 Å². The van der Waals surface area contributed by atoms with Gasteiger partial charge in [0.2, 0.25) is 0 Å². The molecule has 1 aromatic carbocycles. The van der Waals surface area contributed by atoms with Crippen molar-refractivity contribution in [1.29, 1.82) is 0 Å². The highest BCUT2D eigenvalue weighted by Gasteiger charge is 2.24. The van der Waals surface area contributed by atoms with E-state index in [-0.39, 0.29) is 0 Å². The van der Waals surface area contributed by atoms with E-state index in [9.17, 15) is 4.79 Å². The van der Waals surface area contributed by atoms with Gasteiger partial charge in [0.25, 0.3) is 0 Å². The number of ether oxygens (including phenoxy) is 1. The normalized spacial score (nSPS) is 11.9. The van der Waals surface area contributed by atoms with Gasteiger partial charge in [-0.05, 0) is 37.2 Å². The first kappa shape index (κ1) is 25.5. The Morgan fingerprint density at radius 2 is 2.00 bits per heavy atom. The standard InChI is InChI=1S/C26H27ClN6O2SSi/c1-17-22(21-7-5-6-10-33(21)30-17)26-29-23(19-13-18(14-34)8-9-20(19)27)24(36-26)25-28-15-32(31-25)16-35-11-12-37(2,3)4/h5-10,13-15H,11-12,16H2,1-4H3. The molecule has 0 unspecified atom stereocenters. The summed E-state index contributed by atoms with van der Waals surface area (Å²) >= 11 is 8.08. The lowest BCUT2D eigenvalue weighted by molar-refractivity contribution is 0.0785. The number of hydrogen-bond donors (Lipinski definition) is 0. The molecule has 37 heavy (non-hydrogen) atoms. The van der Waals surface area contributed by atoms with Crippen molar-refractivity contribution in [3.05, 3.63) is 65.2 Å². The van der Waals surface area contributed by atoms with Gasteiger partial charge >= 0.3 is 0 Å². The zero-order valence-corrected chi connectivity index (χ0v) is 23.7. The predicted octanol–water partition coefficient (Wildman–Crippen LogP) is 6.47. The first-order valence-electron chi connectivity index (χ1n) is 11.9. The topological polar surface area (TPSA) is 87.2 Å². The van der Waals surface area contributed by atoms with E-state index in [0.29, 0.717) is 41.0 Å². The number of thiazole rings is 1. The third-order valence-corrected chi connectivity index (χ3v) is 9.00. The number of aldehydes is 1. The van der Waals surface area contributed by atoms with Gasteiger partial charge in [0.1, 0.15) is 29.2 Å². The molecule has 11 heteroatoms. The number of nitrogens with zero attached hydrogens (tertiary/aromatic N) is 6. The van der Waals surface area contributed by atoms with Gasteiger partial charge in [-0.1, -0.05) is 43.4 Å². The summed E-state index contributed by atoms with van der Waals surface area (Å²) in [5.41, 5.74) is 4.55. The summed E-state index contributed by atoms with van der Waals surface area (Å²) in [6, 6.07) is 12.2. The molecule has 0 bridgehead atoms. The quantitative estimate of drug-likeness (QED) is 0.119. The maximum absolute atomic E-state index is 11.5. The largest absolute Gasteiger partial charge is 0.359 e. The zero-order chi connectivity index (χ0) is 26.2. The minimum absolute atomic E-state index is 0.326. The third-order valence-electron chi connectivity index (χ3n) is 5.90. The van der Waals surface area contributed by atoms with Gasteiger partial charge in [0, 0.05) is 32.0 Å². The summed E-state index contributed by atoms with van der Waals surface area (Å²) in [6.07, 6.45) is 4.38. The van der Waals surface area contributed by atoms with Crippen molar-refractivity contribution in [3.63, 3.8) is 0 Å². The number of pyridine rings is 1. The molecule has 0 atom stereocenters. The number of carbonyl (C=O) groups excluding carboxylic acids is 1. The highest BCUT2D eigenvalue weighted by atomic mass is 35.5. The van der Waals surface area contributed by atoms with Gasteiger partial charge in [0.05, 0.1) is 27.5 Å². The highest BCUT2D eigenvalue weighted by Crippen LogP contribution is 2.43. The van der Waals surface area contributed by atoms with Gasteiger partial charge in [-0.15, -0.1) is 16.4 Å². The summed E-state index contributed by atoms with van der Waals surface area (Å²) < 4.78 is 9.38. The van der Waals surface area contributed by atoms with Crippen molar-refractivity contribution in [2.45, 2.75) is 39.3 Å². The number of rotatable bonds is 9. The Labute approximate surface area is 224 Å². The van der Waals surface area contributed by atoms with Crippen LogP contribution >= 0.6 is 22.9 Å². The van der Waals surface area contributed by atoms with Crippen LogP contribution in [-0.4, -0.2) is 50.3 Å². The molecule has 4 heterocycles. The van der Waals surface area contributed by atoms with E-state index in [1.807, 2.05) is 35.8 Å². The fraction of sp³-hybridized carbons (Fsp3) is 0.269. The van der Waals surface area contributed by atoms with Crippen LogP contribution in [0.25, 0.3) is 38.0 Å². The molecule has 0 spiro atoms. The van der Waals surface area contributed by atoms with Crippen LogP contribution in [0.15, 0.2) is 48.9 Å². The minimum Gasteiger partial charge on any atom is -0.359 e. The summed E-state index contributed by atoms with van der Waals surface area (Å²) in [4.78, 5) is 21.9. The maximum atomic E-state index is 11.5. The molecule has 0 saturated heterocycles. The molecular weight excluding hydrogens is 524 g/mol. The summed E-state index contributed by atoms with van der Waals surface area (Å²) in [5, 5.41) is 10.6. The van der Waals surface area contributed by atoms with Crippen LogP contribution in [0.5, 0.6) is 0 Å². The van der Waals surface area contributed by atoms with Crippen molar-refractivity contribution < 1.29 is 9.53 Å². The predicted molar refractivity (Wildman–Crippen MR) is 150 cm³/mol.